The third-order valence-corrected chi connectivity index (χ3v) is 7.85. The van der Waals surface area contributed by atoms with Crippen LogP contribution in [-0.4, -0.2) is 0 Å². The van der Waals surface area contributed by atoms with E-state index < -0.39 is 0 Å². The Morgan fingerprint density at radius 3 is 1.23 bits per heavy atom. The summed E-state index contributed by atoms with van der Waals surface area (Å²) >= 11 is 0. The summed E-state index contributed by atoms with van der Waals surface area (Å²) in [6.45, 7) is 18.2. The van der Waals surface area contributed by atoms with Gasteiger partial charge in [0.15, 0.2) is 0 Å². The van der Waals surface area contributed by atoms with Gasteiger partial charge in [-0.05, 0) is 84.0 Å². The van der Waals surface area contributed by atoms with Crippen LogP contribution in [0.4, 0.5) is 0 Å². The zero-order valence-electron chi connectivity index (χ0n) is 22.6. The summed E-state index contributed by atoms with van der Waals surface area (Å²) in [4.78, 5) is 0. The average Bonchev–Trinajstić information content (AvgIpc) is 3.07. The van der Waals surface area contributed by atoms with E-state index in [0.717, 1.165) is 0 Å². The molecular formula is C35H38. The van der Waals surface area contributed by atoms with Crippen molar-refractivity contribution in [3.63, 3.8) is 0 Å². The smallest absolute Gasteiger partial charge is 0.0587 e. The summed E-state index contributed by atoms with van der Waals surface area (Å²) in [6, 6.07) is 28.7. The van der Waals surface area contributed by atoms with Crippen LogP contribution in [0.5, 0.6) is 0 Å². The first-order valence-corrected chi connectivity index (χ1v) is 13.1. The summed E-state index contributed by atoms with van der Waals surface area (Å²) in [7, 11) is 0. The second kappa shape index (κ2) is 8.52. The lowest BCUT2D eigenvalue weighted by Gasteiger charge is -2.36. The molecule has 0 N–H and O–H groups in total. The molecule has 5 rings (SSSR count). The number of hydrogen-bond acceptors (Lipinski definition) is 0. The van der Waals surface area contributed by atoms with Gasteiger partial charge in [-0.2, -0.15) is 0 Å². The lowest BCUT2D eigenvalue weighted by atomic mass is 9.66. The average molecular weight is 459 g/mol. The highest BCUT2D eigenvalue weighted by Gasteiger charge is 2.46. The van der Waals surface area contributed by atoms with Crippen molar-refractivity contribution in [2.24, 2.45) is 0 Å². The van der Waals surface area contributed by atoms with Gasteiger partial charge in [-0.25, -0.2) is 0 Å². The topological polar surface area (TPSA) is 0 Å². The predicted octanol–water partition coefficient (Wildman–Crippen LogP) is 9.53. The molecule has 4 aromatic carbocycles. The molecular weight excluding hydrogens is 420 g/mol. The molecule has 0 fully saturated rings. The van der Waals surface area contributed by atoms with E-state index in [9.17, 15) is 0 Å². The van der Waals surface area contributed by atoms with Crippen LogP contribution in [-0.2, 0) is 5.41 Å². The van der Waals surface area contributed by atoms with E-state index in [1.54, 1.807) is 0 Å². The molecule has 0 atom stereocenters. The van der Waals surface area contributed by atoms with Crippen LogP contribution in [0.3, 0.4) is 0 Å². The van der Waals surface area contributed by atoms with Gasteiger partial charge >= 0.3 is 0 Å². The van der Waals surface area contributed by atoms with Crippen LogP contribution >= 0.6 is 0 Å². The van der Waals surface area contributed by atoms with E-state index in [1.807, 2.05) is 0 Å². The largest absolute Gasteiger partial charge is 0.0714 e. The molecule has 4 aromatic rings. The Morgan fingerprint density at radius 1 is 0.457 bits per heavy atom. The molecule has 0 heterocycles. The number of fused-ring (bicyclic) bond motifs is 3. The lowest BCUT2D eigenvalue weighted by molar-refractivity contribution is 0.749. The number of benzene rings is 4. The highest BCUT2D eigenvalue weighted by molar-refractivity contribution is 5.87. The number of aryl methyl sites for hydroxylation is 4. The molecule has 0 amide bonds. The maximum Gasteiger partial charge on any atom is 0.0714 e. The molecule has 0 spiro atoms. The van der Waals surface area contributed by atoms with E-state index in [-0.39, 0.29) is 5.41 Å². The molecule has 0 bridgehead atoms. The van der Waals surface area contributed by atoms with Crippen molar-refractivity contribution in [3.05, 3.63) is 128 Å². The fourth-order valence-electron chi connectivity index (χ4n) is 6.07. The summed E-state index contributed by atoms with van der Waals surface area (Å²) in [5.74, 6) is 0.953. The van der Waals surface area contributed by atoms with Gasteiger partial charge in [0, 0.05) is 0 Å². The third-order valence-electron chi connectivity index (χ3n) is 7.85. The maximum absolute atomic E-state index is 2.48. The Bertz CT molecular complexity index is 1320. The predicted molar refractivity (Wildman–Crippen MR) is 151 cm³/mol. The molecule has 0 saturated carbocycles. The zero-order valence-corrected chi connectivity index (χ0v) is 22.6. The molecule has 0 heteroatoms. The van der Waals surface area contributed by atoms with Gasteiger partial charge in [0.05, 0.1) is 5.41 Å². The maximum atomic E-state index is 2.48. The second-order valence-electron chi connectivity index (χ2n) is 11.4. The third kappa shape index (κ3) is 3.75. The fraction of sp³-hybridized carbons (Fsp3) is 0.314. The monoisotopic (exact) mass is 458 g/mol. The van der Waals surface area contributed by atoms with Crippen molar-refractivity contribution in [2.45, 2.75) is 72.6 Å². The van der Waals surface area contributed by atoms with E-state index in [1.165, 1.54) is 66.8 Å². The number of rotatable bonds is 4. The first-order valence-electron chi connectivity index (χ1n) is 13.1. The van der Waals surface area contributed by atoms with E-state index >= 15 is 0 Å². The van der Waals surface area contributed by atoms with Crippen LogP contribution in [0.15, 0.2) is 72.8 Å². The minimum atomic E-state index is -0.339. The zero-order chi connectivity index (χ0) is 25.1. The first kappa shape index (κ1) is 23.6. The molecule has 0 nitrogen and oxygen atoms in total. The van der Waals surface area contributed by atoms with Gasteiger partial charge in [-0.1, -0.05) is 123 Å². The molecule has 0 saturated heterocycles. The van der Waals surface area contributed by atoms with Gasteiger partial charge in [-0.15, -0.1) is 0 Å². The fourth-order valence-corrected chi connectivity index (χ4v) is 6.07. The number of hydrogen-bond donors (Lipinski definition) is 0. The molecule has 0 radical (unpaired) electrons. The standard InChI is InChI=1S/C35H38/c1-21(2)27-13-25(7)15-29(19-27)35(30-16-26(8)14-28(20-30)22(3)4)33-17-23(5)9-11-31(33)32-12-10-24(6)18-34(32)35/h9-22H,1-8H3. The van der Waals surface area contributed by atoms with Crippen LogP contribution in [0.2, 0.25) is 0 Å². The van der Waals surface area contributed by atoms with E-state index in [2.05, 4.69) is 128 Å². The highest BCUT2D eigenvalue weighted by atomic mass is 14.5. The van der Waals surface area contributed by atoms with Gasteiger partial charge in [0.2, 0.25) is 0 Å². The Morgan fingerprint density at radius 2 is 0.857 bits per heavy atom. The van der Waals surface area contributed by atoms with Gasteiger partial charge in [0.1, 0.15) is 0 Å². The highest BCUT2D eigenvalue weighted by Crippen LogP contribution is 2.57. The van der Waals surface area contributed by atoms with Crippen molar-refractivity contribution in [2.75, 3.05) is 0 Å². The minimum absolute atomic E-state index is 0.339. The van der Waals surface area contributed by atoms with Gasteiger partial charge < -0.3 is 0 Å². The summed E-state index contributed by atoms with van der Waals surface area (Å²) < 4.78 is 0. The van der Waals surface area contributed by atoms with E-state index in [0.29, 0.717) is 11.8 Å². The second-order valence-corrected chi connectivity index (χ2v) is 11.4. The van der Waals surface area contributed by atoms with Crippen molar-refractivity contribution >= 4 is 0 Å². The van der Waals surface area contributed by atoms with Gasteiger partial charge in [-0.3, -0.25) is 0 Å². The quantitative estimate of drug-likeness (QED) is 0.251. The lowest BCUT2D eigenvalue weighted by Crippen LogP contribution is -2.29. The molecule has 178 valence electrons. The van der Waals surface area contributed by atoms with Crippen molar-refractivity contribution < 1.29 is 0 Å². The Labute approximate surface area is 212 Å². The van der Waals surface area contributed by atoms with Crippen molar-refractivity contribution in [1.82, 2.24) is 0 Å². The van der Waals surface area contributed by atoms with Crippen LogP contribution < -0.4 is 0 Å². The van der Waals surface area contributed by atoms with Crippen LogP contribution in [0.25, 0.3) is 11.1 Å². The summed E-state index contributed by atoms with van der Waals surface area (Å²) in [5, 5.41) is 0. The van der Waals surface area contributed by atoms with Crippen molar-refractivity contribution in [3.8, 4) is 11.1 Å². The molecule has 0 unspecified atom stereocenters. The van der Waals surface area contributed by atoms with Crippen LogP contribution in [0.1, 0.15) is 95.2 Å². The van der Waals surface area contributed by atoms with Gasteiger partial charge in [0.25, 0.3) is 0 Å². The Hall–Kier alpha value is -3.12. The molecule has 1 aliphatic carbocycles. The molecule has 0 aliphatic heterocycles. The normalized spacial score (nSPS) is 13.9. The van der Waals surface area contributed by atoms with Crippen molar-refractivity contribution in [1.29, 1.82) is 0 Å². The van der Waals surface area contributed by atoms with Crippen LogP contribution in [0, 0.1) is 27.7 Å². The Kier molecular flexibility index (Phi) is 5.75. The summed E-state index contributed by atoms with van der Waals surface area (Å²) in [5.41, 5.74) is 16.1. The summed E-state index contributed by atoms with van der Waals surface area (Å²) in [6.07, 6.45) is 0. The Balaban J connectivity index is 2.01. The molecule has 35 heavy (non-hydrogen) atoms. The SMILES string of the molecule is Cc1cc(C(C)C)cc(C2(c3cc(C)cc(C(C)C)c3)c3cc(C)ccc3-c3ccc(C)cc32)c1. The molecule has 1 aliphatic rings. The first-order chi connectivity index (χ1) is 16.6. The molecule has 0 aromatic heterocycles. The van der Waals surface area contributed by atoms with E-state index in [4.69, 9.17) is 0 Å². The minimum Gasteiger partial charge on any atom is -0.0587 e.